The van der Waals surface area contributed by atoms with Crippen LogP contribution in [0.2, 0.25) is 5.02 Å². The molecule has 7 heteroatoms. The van der Waals surface area contributed by atoms with Gasteiger partial charge in [0.2, 0.25) is 0 Å². The number of nitro benzene ring substituents is 1. The Morgan fingerprint density at radius 3 is 2.41 bits per heavy atom. The summed E-state index contributed by atoms with van der Waals surface area (Å²) in [6.45, 7) is -0.205. The molecule has 0 fully saturated rings. The van der Waals surface area contributed by atoms with Gasteiger partial charge in [-0.15, -0.1) is 0 Å². The maximum Gasteiger partial charge on any atom is 0.270 e. The van der Waals surface area contributed by atoms with E-state index in [0.29, 0.717) is 10.6 Å². The Bertz CT molecular complexity index is 729. The van der Waals surface area contributed by atoms with Crippen LogP contribution in [0.5, 0.6) is 0 Å². The average Bonchev–Trinajstić information content (AvgIpc) is 2.53. The van der Waals surface area contributed by atoms with Gasteiger partial charge in [-0.05, 0) is 30.3 Å². The standard InChI is InChI=1S/C15H11ClN2O4/c16-12-6-4-10(5-7-12)14(19)9-17-15(20)11-2-1-3-13(8-11)18(21)22/h1-8H,9H2,(H,17,20). The monoisotopic (exact) mass is 318 g/mol. The molecule has 1 N–H and O–H groups in total. The molecule has 2 aromatic rings. The summed E-state index contributed by atoms with van der Waals surface area (Å²) >= 11 is 5.73. The lowest BCUT2D eigenvalue weighted by atomic mass is 10.1. The van der Waals surface area contributed by atoms with Crippen molar-refractivity contribution < 1.29 is 14.5 Å². The highest BCUT2D eigenvalue weighted by Crippen LogP contribution is 2.13. The highest BCUT2D eigenvalue weighted by molar-refractivity contribution is 6.30. The van der Waals surface area contributed by atoms with Crippen LogP contribution in [0.15, 0.2) is 48.5 Å². The van der Waals surface area contributed by atoms with Gasteiger partial charge in [-0.3, -0.25) is 19.7 Å². The summed E-state index contributed by atoms with van der Waals surface area (Å²) in [6.07, 6.45) is 0. The Balaban J connectivity index is 2.00. The number of amides is 1. The van der Waals surface area contributed by atoms with Crippen molar-refractivity contribution in [2.75, 3.05) is 6.54 Å². The molecule has 0 saturated carbocycles. The number of rotatable bonds is 5. The van der Waals surface area contributed by atoms with Crippen molar-refractivity contribution >= 4 is 29.0 Å². The van der Waals surface area contributed by atoms with Gasteiger partial charge in [0, 0.05) is 28.3 Å². The largest absolute Gasteiger partial charge is 0.345 e. The molecule has 0 bridgehead atoms. The summed E-state index contributed by atoms with van der Waals surface area (Å²) in [5.41, 5.74) is 0.360. The molecular formula is C15H11ClN2O4. The van der Waals surface area contributed by atoms with Crippen LogP contribution >= 0.6 is 11.6 Å². The molecule has 0 saturated heterocycles. The van der Waals surface area contributed by atoms with Gasteiger partial charge >= 0.3 is 0 Å². The molecule has 0 aromatic heterocycles. The molecule has 2 aromatic carbocycles. The lowest BCUT2D eigenvalue weighted by molar-refractivity contribution is -0.384. The third kappa shape index (κ3) is 3.89. The first-order chi connectivity index (χ1) is 10.5. The van der Waals surface area contributed by atoms with Crippen molar-refractivity contribution in [3.8, 4) is 0 Å². The normalized spacial score (nSPS) is 10.0. The number of carbonyl (C=O) groups excluding carboxylic acids is 2. The molecule has 0 radical (unpaired) electrons. The van der Waals surface area contributed by atoms with Crippen molar-refractivity contribution in [1.82, 2.24) is 5.32 Å². The fraction of sp³-hybridized carbons (Fsp3) is 0.0667. The summed E-state index contributed by atoms with van der Waals surface area (Å²) in [5, 5.41) is 13.6. The average molecular weight is 319 g/mol. The van der Waals surface area contributed by atoms with Crippen molar-refractivity contribution in [3.05, 3.63) is 74.8 Å². The van der Waals surface area contributed by atoms with Crippen LogP contribution in [0.4, 0.5) is 5.69 Å². The van der Waals surface area contributed by atoms with E-state index in [4.69, 9.17) is 11.6 Å². The maximum absolute atomic E-state index is 11.9. The second-order valence-corrected chi connectivity index (χ2v) is 4.86. The Hall–Kier alpha value is -2.73. The molecule has 0 heterocycles. The van der Waals surface area contributed by atoms with E-state index in [2.05, 4.69) is 5.32 Å². The number of benzene rings is 2. The molecule has 22 heavy (non-hydrogen) atoms. The van der Waals surface area contributed by atoms with Gasteiger partial charge in [0.25, 0.3) is 11.6 Å². The molecule has 112 valence electrons. The first-order valence-electron chi connectivity index (χ1n) is 6.29. The smallest absolute Gasteiger partial charge is 0.270 e. The Kier molecular flexibility index (Phi) is 4.85. The summed E-state index contributed by atoms with van der Waals surface area (Å²) in [7, 11) is 0. The van der Waals surface area contributed by atoms with Crippen molar-refractivity contribution in [2.24, 2.45) is 0 Å². The van der Waals surface area contributed by atoms with E-state index < -0.39 is 10.8 Å². The van der Waals surface area contributed by atoms with Crippen LogP contribution in [0.25, 0.3) is 0 Å². The highest BCUT2D eigenvalue weighted by Gasteiger charge is 2.13. The number of carbonyl (C=O) groups is 2. The second-order valence-electron chi connectivity index (χ2n) is 4.42. The van der Waals surface area contributed by atoms with Gasteiger partial charge in [0.1, 0.15) is 0 Å². The lowest BCUT2D eigenvalue weighted by Crippen LogP contribution is -2.29. The van der Waals surface area contributed by atoms with Crippen LogP contribution < -0.4 is 5.32 Å². The number of nitro groups is 1. The third-order valence-electron chi connectivity index (χ3n) is 2.89. The molecule has 0 aliphatic carbocycles. The van der Waals surface area contributed by atoms with E-state index in [0.717, 1.165) is 6.07 Å². The van der Waals surface area contributed by atoms with Gasteiger partial charge in [0.15, 0.2) is 5.78 Å². The van der Waals surface area contributed by atoms with E-state index in [-0.39, 0.29) is 23.6 Å². The number of hydrogen-bond acceptors (Lipinski definition) is 4. The SMILES string of the molecule is O=C(CNC(=O)c1cccc([N+](=O)[O-])c1)c1ccc(Cl)cc1. The van der Waals surface area contributed by atoms with Gasteiger partial charge in [0.05, 0.1) is 11.5 Å². The molecular weight excluding hydrogens is 308 g/mol. The van der Waals surface area contributed by atoms with Gasteiger partial charge in [-0.1, -0.05) is 17.7 Å². The van der Waals surface area contributed by atoms with E-state index in [1.807, 2.05) is 0 Å². The molecule has 6 nitrogen and oxygen atoms in total. The molecule has 2 rings (SSSR count). The minimum atomic E-state index is -0.588. The first kappa shape index (κ1) is 15.7. The van der Waals surface area contributed by atoms with Gasteiger partial charge in [-0.25, -0.2) is 0 Å². The third-order valence-corrected chi connectivity index (χ3v) is 3.15. The number of Topliss-reactive ketones (excluding diaryl/α,β-unsaturated/α-hetero) is 1. The summed E-state index contributed by atoms with van der Waals surface area (Å²) < 4.78 is 0. The minimum Gasteiger partial charge on any atom is -0.345 e. The fourth-order valence-corrected chi connectivity index (χ4v) is 1.89. The molecule has 0 atom stereocenters. The molecule has 0 unspecified atom stereocenters. The maximum atomic E-state index is 11.9. The van der Waals surface area contributed by atoms with E-state index >= 15 is 0 Å². The second kappa shape index (κ2) is 6.82. The predicted octanol–water partition coefficient (Wildman–Crippen LogP) is 2.86. The van der Waals surface area contributed by atoms with E-state index in [1.54, 1.807) is 24.3 Å². The highest BCUT2D eigenvalue weighted by atomic mass is 35.5. The Labute approximate surface area is 130 Å². The van der Waals surface area contributed by atoms with Crippen molar-refractivity contribution in [3.63, 3.8) is 0 Å². The van der Waals surface area contributed by atoms with Gasteiger partial charge in [-0.2, -0.15) is 0 Å². The van der Waals surface area contributed by atoms with Crippen LogP contribution in [-0.4, -0.2) is 23.2 Å². The van der Waals surface area contributed by atoms with E-state index in [9.17, 15) is 19.7 Å². The molecule has 0 aliphatic rings. The summed E-state index contributed by atoms with van der Waals surface area (Å²) in [5.74, 6) is -0.832. The van der Waals surface area contributed by atoms with Crippen LogP contribution in [0.1, 0.15) is 20.7 Å². The summed E-state index contributed by atoms with van der Waals surface area (Å²) in [4.78, 5) is 33.9. The predicted molar refractivity (Wildman–Crippen MR) is 81.2 cm³/mol. The zero-order valence-electron chi connectivity index (χ0n) is 11.3. The molecule has 0 spiro atoms. The van der Waals surface area contributed by atoms with Crippen LogP contribution in [0, 0.1) is 10.1 Å². The number of halogens is 1. The number of hydrogen-bond donors (Lipinski definition) is 1. The van der Waals surface area contributed by atoms with Crippen molar-refractivity contribution in [1.29, 1.82) is 0 Å². The minimum absolute atomic E-state index is 0.123. The van der Waals surface area contributed by atoms with Crippen molar-refractivity contribution in [2.45, 2.75) is 0 Å². The number of nitrogens with one attached hydrogen (secondary N) is 1. The molecule has 0 aliphatic heterocycles. The summed E-state index contributed by atoms with van der Waals surface area (Å²) in [6, 6.07) is 11.6. The number of ketones is 1. The lowest BCUT2D eigenvalue weighted by Gasteiger charge is -2.05. The zero-order chi connectivity index (χ0) is 16.1. The Morgan fingerprint density at radius 2 is 1.77 bits per heavy atom. The van der Waals surface area contributed by atoms with Gasteiger partial charge < -0.3 is 5.32 Å². The van der Waals surface area contributed by atoms with Crippen LogP contribution in [-0.2, 0) is 0 Å². The van der Waals surface area contributed by atoms with Crippen LogP contribution in [0.3, 0.4) is 0 Å². The molecule has 1 amide bonds. The quantitative estimate of drug-likeness (QED) is 0.521. The zero-order valence-corrected chi connectivity index (χ0v) is 12.0. The topological polar surface area (TPSA) is 89.3 Å². The number of non-ortho nitro benzene ring substituents is 1. The fourth-order valence-electron chi connectivity index (χ4n) is 1.76. The Morgan fingerprint density at radius 1 is 1.09 bits per heavy atom. The first-order valence-corrected chi connectivity index (χ1v) is 6.66. The van der Waals surface area contributed by atoms with E-state index in [1.165, 1.54) is 18.2 Å². The number of nitrogens with zero attached hydrogens (tertiary/aromatic N) is 1.